The SMILES string of the molecule is NC(=O)CCC(NC(=O)C(Cc1cnc[nH]1)NC(=O)C(Cc1c[nH]c2ccccc12)NC(=O)C(N)CCCN=C(N)N)C(=O)O. The van der Waals surface area contributed by atoms with Crippen molar-refractivity contribution in [1.82, 2.24) is 30.9 Å². The Bertz CT molecular complexity index is 1500. The molecule has 0 aliphatic heterocycles. The number of nitrogens with one attached hydrogen (secondary N) is 5. The average molecular weight is 626 g/mol. The number of nitrogens with two attached hydrogens (primary N) is 4. The molecule has 0 aliphatic rings. The highest BCUT2D eigenvalue weighted by Crippen LogP contribution is 2.19. The zero-order chi connectivity index (χ0) is 32.9. The number of hydrogen-bond donors (Lipinski definition) is 10. The molecular weight excluding hydrogens is 586 g/mol. The molecule has 0 fully saturated rings. The molecule has 0 saturated heterocycles. The number of hydrogen-bond acceptors (Lipinski definition) is 8. The molecule has 3 aromatic rings. The molecular formula is C28H39N11O6. The Morgan fingerprint density at radius 2 is 1.56 bits per heavy atom. The third kappa shape index (κ3) is 10.6. The highest BCUT2D eigenvalue weighted by atomic mass is 16.4. The first-order chi connectivity index (χ1) is 21.4. The first kappa shape index (κ1) is 34.0. The van der Waals surface area contributed by atoms with Crippen LogP contribution in [0.5, 0.6) is 0 Å². The predicted molar refractivity (Wildman–Crippen MR) is 164 cm³/mol. The molecule has 0 bridgehead atoms. The maximum Gasteiger partial charge on any atom is 0.326 e. The van der Waals surface area contributed by atoms with Crippen LogP contribution in [0.2, 0.25) is 0 Å². The Morgan fingerprint density at radius 3 is 2.20 bits per heavy atom. The number of para-hydroxylation sites is 1. The van der Waals surface area contributed by atoms with E-state index in [2.05, 4.69) is 35.9 Å². The number of fused-ring (bicyclic) bond motifs is 1. The molecule has 3 rings (SSSR count). The van der Waals surface area contributed by atoms with Crippen molar-refractivity contribution in [3.63, 3.8) is 0 Å². The number of rotatable bonds is 18. The summed E-state index contributed by atoms with van der Waals surface area (Å²) in [5.41, 5.74) is 23.9. The number of imidazole rings is 1. The van der Waals surface area contributed by atoms with E-state index < -0.39 is 53.8 Å². The average Bonchev–Trinajstić information content (AvgIpc) is 3.66. The fourth-order valence-corrected chi connectivity index (χ4v) is 4.57. The summed E-state index contributed by atoms with van der Waals surface area (Å²) >= 11 is 0. The van der Waals surface area contributed by atoms with Crippen molar-refractivity contribution in [2.45, 2.75) is 62.7 Å². The van der Waals surface area contributed by atoms with Crippen LogP contribution in [0.4, 0.5) is 0 Å². The maximum absolute atomic E-state index is 13.8. The lowest BCUT2D eigenvalue weighted by atomic mass is 10.0. The minimum absolute atomic E-state index is 0.0388. The first-order valence-corrected chi connectivity index (χ1v) is 14.2. The van der Waals surface area contributed by atoms with Gasteiger partial charge in [0.05, 0.1) is 12.4 Å². The summed E-state index contributed by atoms with van der Waals surface area (Å²) < 4.78 is 0. The summed E-state index contributed by atoms with van der Waals surface area (Å²) in [7, 11) is 0. The summed E-state index contributed by atoms with van der Waals surface area (Å²) in [6.07, 6.45) is 4.62. The zero-order valence-electron chi connectivity index (χ0n) is 24.5. The number of carbonyl (C=O) groups excluding carboxylic acids is 4. The van der Waals surface area contributed by atoms with E-state index in [1.807, 2.05) is 24.3 Å². The lowest BCUT2D eigenvalue weighted by Gasteiger charge is -2.25. The molecule has 14 N–H and O–H groups in total. The molecule has 17 heteroatoms. The van der Waals surface area contributed by atoms with E-state index in [1.165, 1.54) is 12.5 Å². The van der Waals surface area contributed by atoms with E-state index in [0.717, 1.165) is 16.5 Å². The molecule has 4 atom stereocenters. The Kier molecular flexibility index (Phi) is 12.4. The van der Waals surface area contributed by atoms with Gasteiger partial charge in [0.1, 0.15) is 18.1 Å². The number of aliphatic imine (C=N–C) groups is 1. The van der Waals surface area contributed by atoms with Crippen molar-refractivity contribution in [3.05, 3.63) is 54.2 Å². The third-order valence-corrected chi connectivity index (χ3v) is 6.94. The highest BCUT2D eigenvalue weighted by Gasteiger charge is 2.31. The van der Waals surface area contributed by atoms with E-state index in [9.17, 15) is 29.1 Å². The Morgan fingerprint density at radius 1 is 0.889 bits per heavy atom. The normalized spacial score (nSPS) is 13.6. The van der Waals surface area contributed by atoms with Gasteiger partial charge in [-0.25, -0.2) is 9.78 Å². The molecule has 2 heterocycles. The smallest absolute Gasteiger partial charge is 0.326 e. The number of carboxylic acid groups (broad SMARTS) is 1. The lowest BCUT2D eigenvalue weighted by molar-refractivity contribution is -0.142. The van der Waals surface area contributed by atoms with Gasteiger partial charge >= 0.3 is 5.97 Å². The van der Waals surface area contributed by atoms with E-state index >= 15 is 0 Å². The number of nitrogens with zero attached hydrogens (tertiary/aromatic N) is 2. The minimum atomic E-state index is -1.44. The van der Waals surface area contributed by atoms with Crippen molar-refractivity contribution in [2.24, 2.45) is 27.9 Å². The van der Waals surface area contributed by atoms with Crippen molar-refractivity contribution in [1.29, 1.82) is 0 Å². The Hall–Kier alpha value is -5.45. The van der Waals surface area contributed by atoms with Crippen LogP contribution in [0.3, 0.4) is 0 Å². The zero-order valence-corrected chi connectivity index (χ0v) is 24.5. The van der Waals surface area contributed by atoms with Crippen LogP contribution in [-0.4, -0.2) is 86.3 Å². The summed E-state index contributed by atoms with van der Waals surface area (Å²) in [6, 6.07) is 2.52. The predicted octanol–water partition coefficient (Wildman–Crippen LogP) is -2.14. The van der Waals surface area contributed by atoms with E-state index in [0.29, 0.717) is 12.1 Å². The molecule has 1 aromatic carbocycles. The van der Waals surface area contributed by atoms with Gasteiger partial charge in [-0.1, -0.05) is 18.2 Å². The van der Waals surface area contributed by atoms with Crippen LogP contribution in [0.15, 0.2) is 48.0 Å². The van der Waals surface area contributed by atoms with Crippen molar-refractivity contribution in [2.75, 3.05) is 6.54 Å². The quantitative estimate of drug-likeness (QED) is 0.0415. The number of primary amides is 1. The van der Waals surface area contributed by atoms with Crippen LogP contribution in [0.1, 0.15) is 36.9 Å². The van der Waals surface area contributed by atoms with Gasteiger partial charge in [0, 0.05) is 54.8 Å². The van der Waals surface area contributed by atoms with E-state index in [-0.39, 0.29) is 44.6 Å². The van der Waals surface area contributed by atoms with Crippen LogP contribution in [0.25, 0.3) is 10.9 Å². The molecule has 45 heavy (non-hydrogen) atoms. The molecule has 0 aliphatic carbocycles. The van der Waals surface area contributed by atoms with Gasteiger partial charge in [0.15, 0.2) is 5.96 Å². The molecule has 4 unspecified atom stereocenters. The van der Waals surface area contributed by atoms with Crippen molar-refractivity contribution >= 4 is 46.5 Å². The Labute approximate surface area is 258 Å². The molecule has 0 spiro atoms. The van der Waals surface area contributed by atoms with Crippen molar-refractivity contribution in [3.8, 4) is 0 Å². The second-order valence-electron chi connectivity index (χ2n) is 10.4. The molecule has 2 aromatic heterocycles. The van der Waals surface area contributed by atoms with Crippen LogP contribution >= 0.6 is 0 Å². The van der Waals surface area contributed by atoms with Crippen LogP contribution in [-0.2, 0) is 36.8 Å². The van der Waals surface area contributed by atoms with Gasteiger partial charge in [-0.2, -0.15) is 0 Å². The number of carbonyl (C=O) groups is 5. The molecule has 17 nitrogen and oxygen atoms in total. The van der Waals surface area contributed by atoms with Crippen molar-refractivity contribution < 1.29 is 29.1 Å². The third-order valence-electron chi connectivity index (χ3n) is 6.94. The fraction of sp³-hybridized carbons (Fsp3) is 0.393. The number of H-pyrrole nitrogens is 2. The van der Waals surface area contributed by atoms with Gasteiger partial charge in [-0.15, -0.1) is 0 Å². The monoisotopic (exact) mass is 625 g/mol. The summed E-state index contributed by atoms with van der Waals surface area (Å²) in [5, 5.41) is 18.1. The summed E-state index contributed by atoms with van der Waals surface area (Å²) in [5.74, 6) is -4.35. The number of aromatic nitrogens is 3. The number of amides is 4. The number of aliphatic carboxylic acids is 1. The number of carboxylic acids is 1. The second-order valence-corrected chi connectivity index (χ2v) is 10.4. The Balaban J connectivity index is 1.83. The van der Waals surface area contributed by atoms with Crippen LogP contribution in [0, 0.1) is 0 Å². The number of benzene rings is 1. The second kappa shape index (κ2) is 16.4. The summed E-state index contributed by atoms with van der Waals surface area (Å²) in [6.45, 7) is 0.268. The van der Waals surface area contributed by atoms with E-state index in [1.54, 1.807) is 6.20 Å². The number of aromatic amines is 2. The fourth-order valence-electron chi connectivity index (χ4n) is 4.57. The first-order valence-electron chi connectivity index (χ1n) is 14.2. The molecule has 0 saturated carbocycles. The standard InChI is InChI=1S/C28H39N11O6/c29-18(5-3-9-34-28(31)32)24(41)38-21(10-15-12-35-19-6-2-1-4-17(15)19)25(42)39-22(11-16-13-33-14-36-16)26(43)37-20(27(44)45)7-8-23(30)40/h1-2,4,6,12-14,18,20-22,35H,3,5,7-11,29H2,(H2,30,40)(H,33,36)(H,37,43)(H,38,41)(H,39,42)(H,44,45)(H4,31,32,34). The lowest BCUT2D eigenvalue weighted by Crippen LogP contribution is -2.58. The van der Waals surface area contributed by atoms with Gasteiger partial charge in [-0.3, -0.25) is 24.2 Å². The topological polar surface area (TPSA) is 303 Å². The largest absolute Gasteiger partial charge is 0.480 e. The highest BCUT2D eigenvalue weighted by molar-refractivity contribution is 5.95. The van der Waals surface area contributed by atoms with Gasteiger partial charge in [0.25, 0.3) is 0 Å². The molecule has 242 valence electrons. The van der Waals surface area contributed by atoms with Gasteiger partial charge in [-0.05, 0) is 30.9 Å². The van der Waals surface area contributed by atoms with Crippen LogP contribution < -0.4 is 38.9 Å². The molecule has 4 amide bonds. The minimum Gasteiger partial charge on any atom is -0.480 e. The van der Waals surface area contributed by atoms with E-state index in [4.69, 9.17) is 22.9 Å². The number of guanidine groups is 1. The van der Waals surface area contributed by atoms with Gasteiger partial charge in [0.2, 0.25) is 23.6 Å². The van der Waals surface area contributed by atoms with Gasteiger partial charge < -0.3 is 54.0 Å². The maximum atomic E-state index is 13.8. The molecule has 0 radical (unpaired) electrons. The summed E-state index contributed by atoms with van der Waals surface area (Å²) in [4.78, 5) is 76.9.